The number of carbonyl (C=O) groups excluding carboxylic acids is 1. The van der Waals surface area contributed by atoms with Crippen LogP contribution in [0.3, 0.4) is 0 Å². The molecule has 1 aromatic heterocycles. The van der Waals surface area contributed by atoms with Crippen molar-refractivity contribution in [2.45, 2.75) is 0 Å². The van der Waals surface area contributed by atoms with Crippen LogP contribution in [0.15, 0.2) is 10.5 Å². The Labute approximate surface area is 66.6 Å². The Kier molecular flexibility index (Phi) is 2.08. The van der Waals surface area contributed by atoms with E-state index in [2.05, 4.69) is 15.9 Å². The fourth-order valence-corrected chi connectivity index (χ4v) is 1.85. The highest BCUT2D eigenvalue weighted by atomic mass is 79.9. The number of rotatable bonds is 1. The number of hydrogen-bond donors (Lipinski definition) is 0. The lowest BCUT2D eigenvalue weighted by molar-refractivity contribution is 0.112. The Hall–Kier alpha value is -0.0851. The Morgan fingerprint density at radius 2 is 2.44 bits per heavy atom. The third kappa shape index (κ3) is 1.43. The van der Waals surface area contributed by atoms with Gasteiger partial charge in [-0.15, -0.1) is 11.3 Å². The van der Waals surface area contributed by atoms with Crippen LogP contribution in [0.1, 0.15) is 9.67 Å². The molecule has 44 valence electrons. The summed E-state index contributed by atoms with van der Waals surface area (Å²) in [5.41, 5.74) is 0. The lowest BCUT2D eigenvalue weighted by Crippen LogP contribution is -1.89. The molecule has 0 spiro atoms. The molecule has 0 unspecified atom stereocenters. The van der Waals surface area contributed by atoms with Gasteiger partial charge in [-0.3, -0.25) is 4.79 Å². The van der Waals surface area contributed by atoms with Crippen LogP contribution in [0.4, 0.5) is 0 Å². The van der Waals surface area contributed by atoms with Crippen molar-refractivity contribution in [2.24, 2.45) is 0 Å². The van der Waals surface area contributed by atoms with Gasteiger partial charge in [-0.05, 0) is 26.8 Å². The molecule has 0 aromatic carbocycles. The first-order valence-electron chi connectivity index (χ1n) is 2.24. The largest absolute Gasteiger partial charge is 0.297 e. The summed E-state index contributed by atoms with van der Waals surface area (Å²) in [6, 6.07) is 1.72. The van der Waals surface area contributed by atoms with Crippen LogP contribution in [0.5, 0.6) is 0 Å². The summed E-state index contributed by atoms with van der Waals surface area (Å²) in [7, 11) is 5.38. The van der Waals surface area contributed by atoms with E-state index in [1.54, 1.807) is 6.07 Å². The molecule has 1 rings (SSSR count). The number of aldehydes is 1. The molecular formula is C5H2BBrOS. The highest BCUT2D eigenvalue weighted by Crippen LogP contribution is 2.17. The molecule has 1 heterocycles. The molecule has 0 aliphatic heterocycles. The lowest BCUT2D eigenvalue weighted by atomic mass is 10.1. The van der Waals surface area contributed by atoms with Crippen molar-refractivity contribution >= 4 is 46.2 Å². The number of carbonyl (C=O) groups is 1. The normalized spacial score (nSPS) is 9.44. The van der Waals surface area contributed by atoms with Crippen molar-refractivity contribution in [3.05, 3.63) is 15.4 Å². The first-order valence-corrected chi connectivity index (χ1v) is 3.85. The maximum absolute atomic E-state index is 10.2. The molecule has 2 radical (unpaired) electrons. The predicted octanol–water partition coefficient (Wildman–Crippen LogP) is 1.12. The molecule has 0 saturated carbocycles. The van der Waals surface area contributed by atoms with Crippen LogP contribution >= 0.6 is 27.3 Å². The summed E-state index contributed by atoms with van der Waals surface area (Å²) in [6.45, 7) is 0. The molecule has 0 aliphatic carbocycles. The second-order valence-corrected chi connectivity index (χ2v) is 3.45. The zero-order valence-electron chi connectivity index (χ0n) is 4.43. The Morgan fingerprint density at radius 3 is 2.67 bits per heavy atom. The van der Waals surface area contributed by atoms with Crippen LogP contribution in [-0.2, 0) is 0 Å². The van der Waals surface area contributed by atoms with E-state index in [9.17, 15) is 4.79 Å². The van der Waals surface area contributed by atoms with Crippen LogP contribution in [0.25, 0.3) is 0 Å². The van der Waals surface area contributed by atoms with Gasteiger partial charge < -0.3 is 0 Å². The quantitative estimate of drug-likeness (QED) is 0.491. The van der Waals surface area contributed by atoms with E-state index in [0.29, 0.717) is 9.65 Å². The van der Waals surface area contributed by atoms with E-state index in [-0.39, 0.29) is 0 Å². The van der Waals surface area contributed by atoms with Gasteiger partial charge in [-0.1, -0.05) is 0 Å². The first kappa shape index (κ1) is 7.03. The maximum Gasteiger partial charge on any atom is 0.161 e. The van der Waals surface area contributed by atoms with Crippen molar-refractivity contribution in [3.63, 3.8) is 0 Å². The third-order valence-electron chi connectivity index (χ3n) is 0.839. The van der Waals surface area contributed by atoms with Crippen molar-refractivity contribution in [3.8, 4) is 0 Å². The summed E-state index contributed by atoms with van der Waals surface area (Å²) >= 11 is 4.45. The molecule has 0 bridgehead atoms. The smallest absolute Gasteiger partial charge is 0.161 e. The van der Waals surface area contributed by atoms with Gasteiger partial charge in [0.2, 0.25) is 0 Å². The molecule has 4 heteroatoms. The van der Waals surface area contributed by atoms with E-state index in [0.717, 1.165) is 10.8 Å². The lowest BCUT2D eigenvalue weighted by Gasteiger charge is -1.76. The van der Waals surface area contributed by atoms with Crippen LogP contribution in [0.2, 0.25) is 0 Å². The molecule has 0 fully saturated rings. The van der Waals surface area contributed by atoms with Crippen molar-refractivity contribution in [1.82, 2.24) is 0 Å². The Balaban J connectivity index is 3.15. The van der Waals surface area contributed by atoms with Crippen molar-refractivity contribution in [2.75, 3.05) is 0 Å². The summed E-state index contributed by atoms with van der Waals surface area (Å²) in [5.74, 6) is 0. The number of halogens is 1. The van der Waals surface area contributed by atoms with Crippen LogP contribution in [-0.4, -0.2) is 14.1 Å². The average Bonchev–Trinajstić information content (AvgIpc) is 2.10. The summed E-state index contributed by atoms with van der Waals surface area (Å²) < 4.78 is 1.43. The molecule has 0 aliphatic rings. The van der Waals surface area contributed by atoms with Crippen LogP contribution in [0, 0.1) is 0 Å². The van der Waals surface area contributed by atoms with Gasteiger partial charge in [-0.2, -0.15) is 0 Å². The van der Waals surface area contributed by atoms with Gasteiger partial charge >= 0.3 is 0 Å². The molecule has 0 amide bonds. The van der Waals surface area contributed by atoms with E-state index in [1.807, 2.05) is 0 Å². The van der Waals surface area contributed by atoms with E-state index >= 15 is 0 Å². The molecule has 0 atom stereocenters. The molecular weight excluding hydrogens is 199 g/mol. The molecule has 0 saturated heterocycles. The average molecular weight is 201 g/mol. The Morgan fingerprint density at radius 1 is 1.78 bits per heavy atom. The van der Waals surface area contributed by atoms with E-state index in [4.69, 9.17) is 7.85 Å². The minimum Gasteiger partial charge on any atom is -0.297 e. The molecule has 1 nitrogen and oxygen atoms in total. The van der Waals surface area contributed by atoms with E-state index in [1.165, 1.54) is 11.3 Å². The SMILES string of the molecule is [B]c1cc(Br)c(C=O)s1. The zero-order chi connectivity index (χ0) is 6.85. The van der Waals surface area contributed by atoms with E-state index < -0.39 is 0 Å². The monoisotopic (exact) mass is 200 g/mol. The highest BCUT2D eigenvalue weighted by Gasteiger charge is 2.00. The standard InChI is InChI=1S/C5H2BBrOS/c6-5-1-3(7)4(2-8)9-5/h1-2H. The third-order valence-corrected chi connectivity index (χ3v) is 2.65. The molecule has 9 heavy (non-hydrogen) atoms. The second kappa shape index (κ2) is 2.67. The highest BCUT2D eigenvalue weighted by molar-refractivity contribution is 9.10. The number of hydrogen-bond acceptors (Lipinski definition) is 2. The van der Waals surface area contributed by atoms with Gasteiger partial charge in [-0.25, -0.2) is 0 Å². The van der Waals surface area contributed by atoms with Gasteiger partial charge in [0, 0.05) is 4.47 Å². The Bertz CT molecular complexity index is 233. The second-order valence-electron chi connectivity index (χ2n) is 1.48. The fraction of sp³-hybridized carbons (Fsp3) is 0. The predicted molar refractivity (Wildman–Crippen MR) is 42.8 cm³/mol. The van der Waals surface area contributed by atoms with Gasteiger partial charge in [0.05, 0.1) is 4.88 Å². The van der Waals surface area contributed by atoms with Gasteiger partial charge in [0.1, 0.15) is 7.85 Å². The summed E-state index contributed by atoms with van der Waals surface area (Å²) in [6.07, 6.45) is 0.783. The fourth-order valence-electron chi connectivity index (χ4n) is 0.482. The minimum absolute atomic E-state index is 0.646. The zero-order valence-corrected chi connectivity index (χ0v) is 6.83. The summed E-state index contributed by atoms with van der Waals surface area (Å²) in [4.78, 5) is 10.8. The summed E-state index contributed by atoms with van der Waals surface area (Å²) in [5, 5.41) is 0. The van der Waals surface area contributed by atoms with Crippen molar-refractivity contribution < 1.29 is 4.79 Å². The maximum atomic E-state index is 10.2. The topological polar surface area (TPSA) is 17.1 Å². The molecule has 1 aromatic rings. The number of thiophene rings is 1. The first-order chi connectivity index (χ1) is 4.24. The van der Waals surface area contributed by atoms with Gasteiger partial charge in [0.15, 0.2) is 6.29 Å². The minimum atomic E-state index is 0.646. The molecule has 0 N–H and O–H groups in total. The van der Waals surface area contributed by atoms with Crippen molar-refractivity contribution in [1.29, 1.82) is 0 Å². The van der Waals surface area contributed by atoms with Crippen LogP contribution < -0.4 is 4.78 Å². The van der Waals surface area contributed by atoms with Gasteiger partial charge in [0.25, 0.3) is 0 Å².